The second kappa shape index (κ2) is 5.28. The molecular weight excluding hydrogens is 294 g/mol. The lowest BCUT2D eigenvalue weighted by Crippen LogP contribution is -2.45. The lowest BCUT2D eigenvalue weighted by Gasteiger charge is -2.34. The first-order chi connectivity index (χ1) is 10.1. The third kappa shape index (κ3) is 2.31. The molecule has 0 amide bonds. The molecule has 1 aromatic carbocycles. The van der Waals surface area contributed by atoms with Crippen molar-refractivity contribution in [1.29, 1.82) is 0 Å². The van der Waals surface area contributed by atoms with Crippen molar-refractivity contribution in [2.24, 2.45) is 0 Å². The van der Waals surface area contributed by atoms with E-state index in [-0.39, 0.29) is 5.69 Å². The van der Waals surface area contributed by atoms with Gasteiger partial charge in [0.05, 0.1) is 15.1 Å². The maximum atomic E-state index is 11.4. The van der Waals surface area contributed by atoms with Gasteiger partial charge >= 0.3 is 11.7 Å². The Morgan fingerprint density at radius 1 is 1.48 bits per heavy atom. The molecule has 1 N–H and O–H groups in total. The molecule has 1 aromatic heterocycles. The second-order valence-electron chi connectivity index (χ2n) is 4.93. The van der Waals surface area contributed by atoms with Crippen LogP contribution in [0.15, 0.2) is 17.6 Å². The number of aliphatic carboxylic acids is 1. The van der Waals surface area contributed by atoms with Crippen LogP contribution in [-0.4, -0.2) is 33.6 Å². The zero-order valence-corrected chi connectivity index (χ0v) is 11.9. The number of thiazole rings is 1. The van der Waals surface area contributed by atoms with E-state index >= 15 is 0 Å². The molecular formula is C13H13N3O4S. The zero-order valence-electron chi connectivity index (χ0n) is 11.1. The smallest absolute Gasteiger partial charge is 0.326 e. The van der Waals surface area contributed by atoms with E-state index in [1.807, 2.05) is 0 Å². The summed E-state index contributed by atoms with van der Waals surface area (Å²) in [5, 5.41) is 20.8. The van der Waals surface area contributed by atoms with Crippen LogP contribution in [-0.2, 0) is 4.79 Å². The number of rotatable bonds is 3. The summed E-state index contributed by atoms with van der Waals surface area (Å²) in [7, 11) is 0. The number of anilines is 1. The number of nitrogens with zero attached hydrogens (tertiary/aromatic N) is 3. The summed E-state index contributed by atoms with van der Waals surface area (Å²) in [6, 6.07) is 2.69. The molecule has 7 nitrogen and oxygen atoms in total. The molecule has 3 rings (SSSR count). The summed E-state index contributed by atoms with van der Waals surface area (Å²) in [4.78, 5) is 28.1. The van der Waals surface area contributed by atoms with E-state index in [9.17, 15) is 20.0 Å². The van der Waals surface area contributed by atoms with Crippen LogP contribution in [0.5, 0.6) is 0 Å². The standard InChI is InChI=1S/C13H13N3O4S/c17-13(18)9-3-1-2-6-15(9)8-4-5-10-11(14-7-21-10)12(8)16(19)20/h4-5,7,9H,1-3,6H2,(H,17,18). The molecule has 1 aliphatic heterocycles. The van der Waals surface area contributed by atoms with E-state index in [1.54, 1.807) is 22.5 Å². The van der Waals surface area contributed by atoms with Crippen molar-refractivity contribution < 1.29 is 14.8 Å². The third-order valence-corrected chi connectivity index (χ3v) is 4.53. The van der Waals surface area contributed by atoms with Crippen LogP contribution >= 0.6 is 11.3 Å². The molecule has 1 saturated heterocycles. The largest absolute Gasteiger partial charge is 0.480 e. The number of nitro benzene ring substituents is 1. The molecule has 0 radical (unpaired) electrons. The number of carbonyl (C=O) groups is 1. The van der Waals surface area contributed by atoms with E-state index in [0.29, 0.717) is 24.2 Å². The van der Waals surface area contributed by atoms with Crippen LogP contribution in [0.4, 0.5) is 11.4 Å². The Bertz CT molecular complexity index is 715. The van der Waals surface area contributed by atoms with Crippen molar-refractivity contribution in [2.75, 3.05) is 11.4 Å². The molecule has 21 heavy (non-hydrogen) atoms. The van der Waals surface area contributed by atoms with Gasteiger partial charge in [-0.25, -0.2) is 9.78 Å². The SMILES string of the molecule is O=C(O)C1CCCCN1c1ccc2scnc2c1[N+](=O)[O-]. The lowest BCUT2D eigenvalue weighted by molar-refractivity contribution is -0.382. The van der Waals surface area contributed by atoms with Crippen molar-refractivity contribution in [3.8, 4) is 0 Å². The highest BCUT2D eigenvalue weighted by atomic mass is 32.1. The van der Waals surface area contributed by atoms with Crippen molar-refractivity contribution in [2.45, 2.75) is 25.3 Å². The van der Waals surface area contributed by atoms with Gasteiger partial charge in [-0.1, -0.05) is 0 Å². The average molecular weight is 307 g/mol. The Morgan fingerprint density at radius 3 is 3.00 bits per heavy atom. The van der Waals surface area contributed by atoms with E-state index in [2.05, 4.69) is 4.98 Å². The highest BCUT2D eigenvalue weighted by Crippen LogP contribution is 2.39. The molecule has 2 aromatic rings. The lowest BCUT2D eigenvalue weighted by atomic mass is 10.0. The molecule has 1 atom stereocenters. The number of carboxylic acids is 1. The van der Waals surface area contributed by atoms with Gasteiger partial charge in [0.25, 0.3) is 0 Å². The Balaban J connectivity index is 2.16. The van der Waals surface area contributed by atoms with Gasteiger partial charge in [-0.05, 0) is 31.4 Å². The number of hydrogen-bond donors (Lipinski definition) is 1. The fourth-order valence-electron chi connectivity index (χ4n) is 2.79. The van der Waals surface area contributed by atoms with E-state index in [1.165, 1.54) is 11.3 Å². The van der Waals surface area contributed by atoms with Gasteiger partial charge in [0.2, 0.25) is 0 Å². The number of benzene rings is 1. The van der Waals surface area contributed by atoms with E-state index < -0.39 is 16.9 Å². The van der Waals surface area contributed by atoms with Crippen molar-refractivity contribution in [1.82, 2.24) is 4.98 Å². The van der Waals surface area contributed by atoms with E-state index in [4.69, 9.17) is 0 Å². The predicted molar refractivity (Wildman–Crippen MR) is 78.9 cm³/mol. The van der Waals surface area contributed by atoms with Gasteiger partial charge in [-0.3, -0.25) is 10.1 Å². The summed E-state index contributed by atoms with van der Waals surface area (Å²) in [6.07, 6.45) is 2.15. The molecule has 0 spiro atoms. The number of piperidine rings is 1. The first-order valence-electron chi connectivity index (χ1n) is 6.59. The van der Waals surface area contributed by atoms with Crippen LogP contribution in [0.1, 0.15) is 19.3 Å². The van der Waals surface area contributed by atoms with Crippen LogP contribution in [0.2, 0.25) is 0 Å². The van der Waals surface area contributed by atoms with Crippen molar-refractivity contribution >= 4 is 38.9 Å². The first kappa shape index (κ1) is 13.7. The minimum absolute atomic E-state index is 0.0955. The molecule has 0 aliphatic carbocycles. The zero-order chi connectivity index (χ0) is 15.0. The van der Waals surface area contributed by atoms with Crippen LogP contribution in [0.3, 0.4) is 0 Å². The third-order valence-electron chi connectivity index (χ3n) is 3.73. The molecule has 110 valence electrons. The second-order valence-corrected chi connectivity index (χ2v) is 5.82. The summed E-state index contributed by atoms with van der Waals surface area (Å²) >= 11 is 1.33. The Labute approximate surface area is 124 Å². The number of nitro groups is 1. The quantitative estimate of drug-likeness (QED) is 0.691. The van der Waals surface area contributed by atoms with Gasteiger partial charge in [-0.2, -0.15) is 0 Å². The summed E-state index contributed by atoms with van der Waals surface area (Å²) in [5.74, 6) is -0.942. The number of fused-ring (bicyclic) bond motifs is 1. The summed E-state index contributed by atoms with van der Waals surface area (Å²) in [5.41, 5.74) is 2.15. The predicted octanol–water partition coefficient (Wildman–Crippen LogP) is 2.65. The summed E-state index contributed by atoms with van der Waals surface area (Å²) in [6.45, 7) is 0.507. The number of carboxylic acid groups (broad SMARTS) is 1. The Hall–Kier alpha value is -2.22. The minimum atomic E-state index is -0.942. The Morgan fingerprint density at radius 2 is 2.29 bits per heavy atom. The van der Waals surface area contributed by atoms with Crippen LogP contribution < -0.4 is 4.90 Å². The van der Waals surface area contributed by atoms with Crippen molar-refractivity contribution in [3.05, 3.63) is 27.8 Å². The fourth-order valence-corrected chi connectivity index (χ4v) is 3.47. The van der Waals surface area contributed by atoms with Gasteiger partial charge in [0.1, 0.15) is 11.7 Å². The van der Waals surface area contributed by atoms with Gasteiger partial charge in [0, 0.05) is 6.54 Å². The average Bonchev–Trinajstić information content (AvgIpc) is 2.94. The van der Waals surface area contributed by atoms with Gasteiger partial charge in [0.15, 0.2) is 5.52 Å². The Kier molecular flexibility index (Phi) is 3.46. The van der Waals surface area contributed by atoms with Crippen molar-refractivity contribution in [3.63, 3.8) is 0 Å². The summed E-state index contributed by atoms with van der Waals surface area (Å²) < 4.78 is 0.731. The topological polar surface area (TPSA) is 96.6 Å². The molecule has 1 fully saturated rings. The molecule has 8 heteroatoms. The highest BCUT2D eigenvalue weighted by Gasteiger charge is 2.34. The molecule has 1 unspecified atom stereocenters. The monoisotopic (exact) mass is 307 g/mol. The van der Waals surface area contributed by atoms with Gasteiger partial charge in [-0.15, -0.1) is 11.3 Å². The number of aromatic nitrogens is 1. The highest BCUT2D eigenvalue weighted by molar-refractivity contribution is 7.16. The maximum absolute atomic E-state index is 11.4. The molecule has 1 aliphatic rings. The van der Waals surface area contributed by atoms with E-state index in [0.717, 1.165) is 17.5 Å². The molecule has 0 bridgehead atoms. The van der Waals surface area contributed by atoms with Crippen LogP contribution in [0.25, 0.3) is 10.2 Å². The molecule has 0 saturated carbocycles. The maximum Gasteiger partial charge on any atom is 0.326 e. The molecule has 2 heterocycles. The first-order valence-corrected chi connectivity index (χ1v) is 7.47. The van der Waals surface area contributed by atoms with Crippen LogP contribution in [0, 0.1) is 10.1 Å². The minimum Gasteiger partial charge on any atom is -0.480 e. The fraction of sp³-hybridized carbons (Fsp3) is 0.385. The number of hydrogen-bond acceptors (Lipinski definition) is 6. The normalized spacial score (nSPS) is 18.9. The van der Waals surface area contributed by atoms with Gasteiger partial charge < -0.3 is 10.0 Å².